The van der Waals surface area contributed by atoms with Crippen molar-refractivity contribution < 1.29 is 4.79 Å². The Morgan fingerprint density at radius 1 is 1.11 bits per heavy atom. The quantitative estimate of drug-likeness (QED) is 0.801. The summed E-state index contributed by atoms with van der Waals surface area (Å²) in [4.78, 5) is 14.4. The molecule has 2 heteroatoms. The predicted molar refractivity (Wildman–Crippen MR) is 78.7 cm³/mol. The molecule has 0 aromatic heterocycles. The maximum atomic E-state index is 11.8. The van der Waals surface area contributed by atoms with E-state index in [1.54, 1.807) is 0 Å². The number of fused-ring (bicyclic) bond motifs is 2. The van der Waals surface area contributed by atoms with Crippen LogP contribution in [0, 0.1) is 0 Å². The highest BCUT2D eigenvalue weighted by Crippen LogP contribution is 2.39. The number of para-hydroxylation sites is 1. The summed E-state index contributed by atoms with van der Waals surface area (Å²) < 4.78 is 0. The largest absolute Gasteiger partial charge is 0.364 e. The van der Waals surface area contributed by atoms with Crippen molar-refractivity contribution in [2.24, 2.45) is 0 Å². The number of hydrogen-bond donors (Lipinski definition) is 0. The molecule has 2 bridgehead atoms. The fourth-order valence-electron chi connectivity index (χ4n) is 3.78. The molecule has 0 aliphatic carbocycles. The van der Waals surface area contributed by atoms with E-state index in [4.69, 9.17) is 0 Å². The second-order valence-electron chi connectivity index (χ2n) is 6.31. The average Bonchev–Trinajstić information content (AvgIpc) is 2.37. The molecule has 0 amide bonds. The van der Waals surface area contributed by atoms with Gasteiger partial charge in [-0.15, -0.1) is 0 Å². The van der Waals surface area contributed by atoms with Crippen LogP contribution < -0.4 is 4.90 Å². The Kier molecular flexibility index (Phi) is 3.34. The number of piperidine rings is 2. The van der Waals surface area contributed by atoms with Gasteiger partial charge in [0.1, 0.15) is 5.78 Å². The predicted octanol–water partition coefficient (Wildman–Crippen LogP) is 3.90. The smallest absolute Gasteiger partial charge is 0.137 e. The van der Waals surface area contributed by atoms with Crippen LogP contribution in [0.2, 0.25) is 0 Å². The van der Waals surface area contributed by atoms with E-state index in [0.717, 1.165) is 12.8 Å². The summed E-state index contributed by atoms with van der Waals surface area (Å²) in [7, 11) is 0. The van der Waals surface area contributed by atoms with E-state index in [1.807, 2.05) is 0 Å². The van der Waals surface area contributed by atoms with Crippen molar-refractivity contribution in [3.8, 4) is 0 Å². The molecule has 19 heavy (non-hydrogen) atoms. The first-order valence-electron chi connectivity index (χ1n) is 7.55. The van der Waals surface area contributed by atoms with Crippen LogP contribution in [-0.4, -0.2) is 17.9 Å². The topological polar surface area (TPSA) is 20.3 Å². The normalized spacial score (nSPS) is 26.9. The van der Waals surface area contributed by atoms with Gasteiger partial charge in [0, 0.05) is 30.6 Å². The van der Waals surface area contributed by atoms with E-state index in [9.17, 15) is 4.79 Å². The maximum Gasteiger partial charge on any atom is 0.137 e. The van der Waals surface area contributed by atoms with Crippen LogP contribution in [0.15, 0.2) is 24.3 Å². The van der Waals surface area contributed by atoms with Gasteiger partial charge in [0.15, 0.2) is 0 Å². The molecule has 2 unspecified atom stereocenters. The summed E-state index contributed by atoms with van der Waals surface area (Å²) in [6, 6.07) is 9.64. The van der Waals surface area contributed by atoms with Crippen molar-refractivity contribution in [1.82, 2.24) is 0 Å². The van der Waals surface area contributed by atoms with Gasteiger partial charge in [-0.3, -0.25) is 4.79 Å². The van der Waals surface area contributed by atoms with Gasteiger partial charge >= 0.3 is 0 Å². The number of ketones is 1. The Bertz CT molecular complexity index is 464. The number of carbonyl (C=O) groups excluding carboxylic acids is 1. The highest BCUT2D eigenvalue weighted by Gasteiger charge is 2.38. The molecule has 2 aliphatic rings. The lowest BCUT2D eigenvalue weighted by Gasteiger charge is -2.48. The molecule has 3 rings (SSSR count). The van der Waals surface area contributed by atoms with Gasteiger partial charge in [0.05, 0.1) is 0 Å². The van der Waals surface area contributed by atoms with Crippen molar-refractivity contribution in [3.63, 3.8) is 0 Å². The number of rotatable bonds is 2. The van der Waals surface area contributed by atoms with E-state index in [2.05, 4.69) is 43.0 Å². The van der Waals surface area contributed by atoms with Gasteiger partial charge in [-0.05, 0) is 36.8 Å². The number of anilines is 1. The summed E-state index contributed by atoms with van der Waals surface area (Å²) in [5.74, 6) is 1.00. The number of carbonyl (C=O) groups is 1. The Labute approximate surface area is 115 Å². The van der Waals surface area contributed by atoms with Gasteiger partial charge in [-0.25, -0.2) is 0 Å². The maximum absolute atomic E-state index is 11.8. The summed E-state index contributed by atoms with van der Waals surface area (Å²) in [5.41, 5.74) is 2.80. The number of hydrogen-bond acceptors (Lipinski definition) is 2. The molecule has 0 saturated carbocycles. The third kappa shape index (κ3) is 2.29. The lowest BCUT2D eigenvalue weighted by molar-refractivity contribution is -0.121. The highest BCUT2D eigenvalue weighted by atomic mass is 16.1. The zero-order valence-corrected chi connectivity index (χ0v) is 11.9. The standard InChI is InChI=1S/C17H23NO/c1-12(2)16-8-3-4-9-17(16)18-13-6-5-7-14(18)11-15(19)10-13/h3-4,8-9,12-14H,5-7,10-11H2,1-2H3. The van der Waals surface area contributed by atoms with Crippen molar-refractivity contribution in [3.05, 3.63) is 29.8 Å². The number of nitrogens with zero attached hydrogens (tertiary/aromatic N) is 1. The van der Waals surface area contributed by atoms with Crippen molar-refractivity contribution >= 4 is 11.5 Å². The Hall–Kier alpha value is -1.31. The minimum atomic E-state index is 0.444. The lowest BCUT2D eigenvalue weighted by atomic mass is 9.82. The SMILES string of the molecule is CC(C)c1ccccc1N1C2CCCC1CC(=O)C2. The van der Waals surface area contributed by atoms with E-state index >= 15 is 0 Å². The molecule has 2 atom stereocenters. The fraction of sp³-hybridized carbons (Fsp3) is 0.588. The van der Waals surface area contributed by atoms with Crippen LogP contribution in [0.1, 0.15) is 57.4 Å². The molecule has 102 valence electrons. The zero-order valence-electron chi connectivity index (χ0n) is 11.9. The summed E-state index contributed by atoms with van der Waals surface area (Å²) in [6.07, 6.45) is 5.14. The number of benzene rings is 1. The van der Waals surface area contributed by atoms with Gasteiger partial charge in [0.2, 0.25) is 0 Å². The molecule has 2 fully saturated rings. The molecule has 0 N–H and O–H groups in total. The van der Waals surface area contributed by atoms with Crippen LogP contribution in [0.3, 0.4) is 0 Å². The molecule has 2 nitrogen and oxygen atoms in total. The Morgan fingerprint density at radius 3 is 2.37 bits per heavy atom. The van der Waals surface area contributed by atoms with E-state index < -0.39 is 0 Å². The first kappa shape index (κ1) is 12.7. The summed E-state index contributed by atoms with van der Waals surface area (Å²) >= 11 is 0. The van der Waals surface area contributed by atoms with Crippen LogP contribution in [-0.2, 0) is 4.79 Å². The van der Waals surface area contributed by atoms with Gasteiger partial charge in [-0.1, -0.05) is 32.0 Å². The van der Waals surface area contributed by atoms with Gasteiger partial charge in [0.25, 0.3) is 0 Å². The molecular formula is C17H23NO. The Balaban J connectivity index is 1.99. The molecule has 2 saturated heterocycles. The van der Waals surface area contributed by atoms with Gasteiger partial charge in [-0.2, -0.15) is 0 Å². The van der Waals surface area contributed by atoms with E-state index in [1.165, 1.54) is 30.5 Å². The van der Waals surface area contributed by atoms with Crippen molar-refractivity contribution in [1.29, 1.82) is 0 Å². The summed E-state index contributed by atoms with van der Waals surface area (Å²) in [6.45, 7) is 4.51. The zero-order chi connectivity index (χ0) is 13.4. The van der Waals surface area contributed by atoms with Gasteiger partial charge < -0.3 is 4.90 Å². The lowest BCUT2D eigenvalue weighted by Crippen LogP contribution is -2.53. The third-order valence-electron chi connectivity index (χ3n) is 4.63. The van der Waals surface area contributed by atoms with Crippen molar-refractivity contribution in [2.45, 2.75) is 64.0 Å². The first-order chi connectivity index (χ1) is 9.16. The average molecular weight is 257 g/mol. The molecule has 2 heterocycles. The molecule has 0 spiro atoms. The molecule has 0 radical (unpaired) electrons. The van der Waals surface area contributed by atoms with Crippen LogP contribution in [0.4, 0.5) is 5.69 Å². The highest BCUT2D eigenvalue weighted by molar-refractivity contribution is 5.83. The minimum Gasteiger partial charge on any atom is -0.364 e. The molecule has 1 aromatic rings. The van der Waals surface area contributed by atoms with E-state index in [0.29, 0.717) is 23.8 Å². The second kappa shape index (κ2) is 4.99. The van der Waals surface area contributed by atoms with Crippen LogP contribution >= 0.6 is 0 Å². The van der Waals surface area contributed by atoms with Crippen molar-refractivity contribution in [2.75, 3.05) is 4.90 Å². The van der Waals surface area contributed by atoms with Crippen LogP contribution in [0.5, 0.6) is 0 Å². The monoisotopic (exact) mass is 257 g/mol. The first-order valence-corrected chi connectivity index (χ1v) is 7.55. The Morgan fingerprint density at radius 2 is 1.74 bits per heavy atom. The molecule has 2 aliphatic heterocycles. The third-order valence-corrected chi connectivity index (χ3v) is 4.63. The van der Waals surface area contributed by atoms with E-state index in [-0.39, 0.29) is 0 Å². The number of Topliss-reactive ketones (excluding diaryl/α,β-unsaturated/α-hetero) is 1. The minimum absolute atomic E-state index is 0.444. The fourth-order valence-corrected chi connectivity index (χ4v) is 3.78. The van der Waals surface area contributed by atoms with Crippen LogP contribution in [0.25, 0.3) is 0 Å². The molecular weight excluding hydrogens is 234 g/mol. The summed E-state index contributed by atoms with van der Waals surface area (Å²) in [5, 5.41) is 0. The molecule has 1 aromatic carbocycles. The second-order valence-corrected chi connectivity index (χ2v) is 6.31.